The fourth-order valence-corrected chi connectivity index (χ4v) is 1.36. The molecule has 0 aromatic carbocycles. The monoisotopic (exact) mass is 242 g/mol. The van der Waals surface area contributed by atoms with Crippen LogP contribution in [0, 0.1) is 5.92 Å². The number of hydrogen-bond acceptors (Lipinski definition) is 2. The number of aromatic nitrogens is 1. The van der Waals surface area contributed by atoms with Crippen molar-refractivity contribution in [2.45, 2.75) is 26.3 Å². The van der Waals surface area contributed by atoms with Crippen molar-refractivity contribution in [1.29, 1.82) is 0 Å². The topological polar surface area (TPSA) is 38.9 Å². The third-order valence-electron chi connectivity index (χ3n) is 2.35. The van der Waals surface area contributed by atoms with Gasteiger partial charge in [-0.15, -0.1) is 0 Å². The fourth-order valence-electron chi connectivity index (χ4n) is 1.13. The van der Waals surface area contributed by atoms with Gasteiger partial charge in [-0.1, -0.05) is 20.3 Å². The minimum absolute atomic E-state index is 0.0538. The van der Waals surface area contributed by atoms with Crippen LogP contribution in [-0.4, -0.2) is 4.98 Å². The Kier molecular flexibility index (Phi) is 3.88. The Bertz CT molecular complexity index is 258. The maximum Gasteiger partial charge on any atom is 0.0574 e. The summed E-state index contributed by atoms with van der Waals surface area (Å²) in [6.07, 6.45) is 2.87. The largest absolute Gasteiger partial charge is 0.322 e. The zero-order valence-corrected chi connectivity index (χ0v) is 9.58. The van der Waals surface area contributed by atoms with E-state index in [0.29, 0.717) is 5.92 Å². The number of halogens is 1. The first-order chi connectivity index (χ1) is 6.15. The van der Waals surface area contributed by atoms with Crippen molar-refractivity contribution in [3.63, 3.8) is 0 Å². The SMILES string of the molecule is CCC(C)C(N)c1ccc(Br)cn1. The van der Waals surface area contributed by atoms with Gasteiger partial charge < -0.3 is 5.73 Å². The second kappa shape index (κ2) is 4.72. The van der Waals surface area contributed by atoms with Crippen molar-refractivity contribution in [2.24, 2.45) is 11.7 Å². The molecule has 1 aromatic rings. The first kappa shape index (κ1) is 10.7. The molecule has 3 heteroatoms. The number of nitrogens with two attached hydrogens (primary N) is 1. The fraction of sp³-hybridized carbons (Fsp3) is 0.500. The predicted octanol–water partition coefficient (Wildman–Crippen LogP) is 2.89. The minimum Gasteiger partial charge on any atom is -0.322 e. The Balaban J connectivity index is 2.77. The smallest absolute Gasteiger partial charge is 0.0574 e. The zero-order chi connectivity index (χ0) is 9.84. The highest BCUT2D eigenvalue weighted by Gasteiger charge is 2.13. The Morgan fingerprint density at radius 1 is 1.54 bits per heavy atom. The van der Waals surface area contributed by atoms with E-state index in [9.17, 15) is 0 Å². The molecule has 2 atom stereocenters. The predicted molar refractivity (Wildman–Crippen MR) is 58.3 cm³/mol. The van der Waals surface area contributed by atoms with Gasteiger partial charge in [0, 0.05) is 16.7 Å². The van der Waals surface area contributed by atoms with Gasteiger partial charge in [0.05, 0.1) is 5.69 Å². The first-order valence-electron chi connectivity index (χ1n) is 4.52. The van der Waals surface area contributed by atoms with Gasteiger partial charge in [-0.05, 0) is 34.0 Å². The van der Waals surface area contributed by atoms with E-state index in [4.69, 9.17) is 5.73 Å². The number of pyridine rings is 1. The van der Waals surface area contributed by atoms with Crippen molar-refractivity contribution < 1.29 is 0 Å². The van der Waals surface area contributed by atoms with E-state index in [-0.39, 0.29) is 6.04 Å². The second-order valence-electron chi connectivity index (χ2n) is 3.31. The van der Waals surface area contributed by atoms with Gasteiger partial charge in [-0.2, -0.15) is 0 Å². The van der Waals surface area contributed by atoms with Gasteiger partial charge in [0.25, 0.3) is 0 Å². The molecule has 0 amide bonds. The Hall–Kier alpha value is -0.410. The van der Waals surface area contributed by atoms with E-state index in [1.54, 1.807) is 6.20 Å². The quantitative estimate of drug-likeness (QED) is 0.886. The normalized spacial score (nSPS) is 15.4. The highest BCUT2D eigenvalue weighted by atomic mass is 79.9. The molecule has 0 saturated carbocycles. The third kappa shape index (κ3) is 2.78. The Morgan fingerprint density at radius 2 is 2.23 bits per heavy atom. The van der Waals surface area contributed by atoms with Gasteiger partial charge in [0.1, 0.15) is 0 Å². The summed E-state index contributed by atoms with van der Waals surface area (Å²) in [5.41, 5.74) is 6.99. The van der Waals surface area contributed by atoms with E-state index >= 15 is 0 Å². The molecule has 0 bridgehead atoms. The summed E-state index contributed by atoms with van der Waals surface area (Å²) < 4.78 is 0.993. The lowest BCUT2D eigenvalue weighted by molar-refractivity contribution is 0.448. The number of rotatable bonds is 3. The molecule has 1 rings (SSSR count). The van der Waals surface area contributed by atoms with Crippen molar-refractivity contribution in [3.05, 3.63) is 28.5 Å². The van der Waals surface area contributed by atoms with Crippen molar-refractivity contribution in [2.75, 3.05) is 0 Å². The average molecular weight is 243 g/mol. The van der Waals surface area contributed by atoms with Gasteiger partial charge in [0.2, 0.25) is 0 Å². The van der Waals surface area contributed by atoms with Gasteiger partial charge in [0.15, 0.2) is 0 Å². The minimum atomic E-state index is 0.0538. The van der Waals surface area contributed by atoms with Gasteiger partial charge >= 0.3 is 0 Å². The van der Waals surface area contributed by atoms with Crippen LogP contribution in [0.2, 0.25) is 0 Å². The molecule has 0 aliphatic carbocycles. The summed E-state index contributed by atoms with van der Waals surface area (Å²) in [6.45, 7) is 4.29. The van der Waals surface area contributed by atoms with Crippen molar-refractivity contribution >= 4 is 15.9 Å². The first-order valence-corrected chi connectivity index (χ1v) is 5.31. The van der Waals surface area contributed by atoms with Crippen LogP contribution >= 0.6 is 15.9 Å². The molecule has 2 unspecified atom stereocenters. The Labute approximate surface area is 87.7 Å². The molecule has 0 aliphatic heterocycles. The molecule has 2 nitrogen and oxygen atoms in total. The maximum atomic E-state index is 6.02. The van der Waals surface area contributed by atoms with Crippen LogP contribution in [0.4, 0.5) is 0 Å². The maximum absolute atomic E-state index is 6.02. The molecule has 13 heavy (non-hydrogen) atoms. The summed E-state index contributed by atoms with van der Waals surface area (Å²) in [4.78, 5) is 4.28. The number of hydrogen-bond donors (Lipinski definition) is 1. The molecule has 2 N–H and O–H groups in total. The third-order valence-corrected chi connectivity index (χ3v) is 2.82. The van der Waals surface area contributed by atoms with E-state index in [1.165, 1.54) is 0 Å². The molecule has 1 aromatic heterocycles. The van der Waals surface area contributed by atoms with Crippen molar-refractivity contribution in [1.82, 2.24) is 4.98 Å². The molecular weight excluding hydrogens is 228 g/mol. The summed E-state index contributed by atoms with van der Waals surface area (Å²) in [6, 6.07) is 4.00. The summed E-state index contributed by atoms with van der Waals surface area (Å²) in [7, 11) is 0. The molecule has 0 radical (unpaired) electrons. The summed E-state index contributed by atoms with van der Waals surface area (Å²) in [5.74, 6) is 0.480. The standard InChI is InChI=1S/C10H15BrN2/c1-3-7(2)10(12)9-5-4-8(11)6-13-9/h4-7,10H,3,12H2,1-2H3. The van der Waals surface area contributed by atoms with Crippen LogP contribution < -0.4 is 5.73 Å². The molecule has 0 fully saturated rings. The average Bonchev–Trinajstić information content (AvgIpc) is 2.17. The van der Waals surface area contributed by atoms with E-state index < -0.39 is 0 Å². The highest BCUT2D eigenvalue weighted by Crippen LogP contribution is 2.20. The highest BCUT2D eigenvalue weighted by molar-refractivity contribution is 9.10. The molecule has 72 valence electrons. The molecule has 0 spiro atoms. The summed E-state index contributed by atoms with van der Waals surface area (Å²) >= 11 is 3.35. The van der Waals surface area contributed by atoms with E-state index in [0.717, 1.165) is 16.6 Å². The molecular formula is C10H15BrN2. The second-order valence-corrected chi connectivity index (χ2v) is 4.23. The lowest BCUT2D eigenvalue weighted by atomic mass is 9.97. The molecule has 0 saturated heterocycles. The Morgan fingerprint density at radius 3 is 2.69 bits per heavy atom. The van der Waals surface area contributed by atoms with Crippen LogP contribution in [0.5, 0.6) is 0 Å². The zero-order valence-electron chi connectivity index (χ0n) is 8.00. The van der Waals surface area contributed by atoms with Crippen LogP contribution in [0.3, 0.4) is 0 Å². The van der Waals surface area contributed by atoms with Gasteiger partial charge in [-0.25, -0.2) is 0 Å². The van der Waals surface area contributed by atoms with Crippen LogP contribution in [0.15, 0.2) is 22.8 Å². The van der Waals surface area contributed by atoms with Crippen molar-refractivity contribution in [3.8, 4) is 0 Å². The molecule has 0 aliphatic rings. The van der Waals surface area contributed by atoms with E-state index in [2.05, 4.69) is 34.8 Å². The number of nitrogens with zero attached hydrogens (tertiary/aromatic N) is 1. The lowest BCUT2D eigenvalue weighted by Gasteiger charge is -2.17. The lowest BCUT2D eigenvalue weighted by Crippen LogP contribution is -2.19. The van der Waals surface area contributed by atoms with Crippen LogP contribution in [0.1, 0.15) is 32.0 Å². The van der Waals surface area contributed by atoms with E-state index in [1.807, 2.05) is 12.1 Å². The summed E-state index contributed by atoms with van der Waals surface area (Å²) in [5, 5.41) is 0. The van der Waals surface area contributed by atoms with Crippen LogP contribution in [-0.2, 0) is 0 Å². The molecule has 1 heterocycles. The van der Waals surface area contributed by atoms with Gasteiger partial charge in [-0.3, -0.25) is 4.98 Å². The van der Waals surface area contributed by atoms with Crippen LogP contribution in [0.25, 0.3) is 0 Å².